The van der Waals surface area contributed by atoms with E-state index in [-0.39, 0.29) is 11.6 Å². The van der Waals surface area contributed by atoms with Crippen LogP contribution in [0.2, 0.25) is 0 Å². The zero-order chi connectivity index (χ0) is 17.1. The SMILES string of the molecule is Cc1ccc2nc(CS(C)(=O)=O)n3c4cccc(F)c4cc3c2n1. The average Bonchev–Trinajstić information content (AvgIpc) is 2.88. The van der Waals surface area contributed by atoms with Crippen molar-refractivity contribution in [1.29, 1.82) is 0 Å². The van der Waals surface area contributed by atoms with E-state index >= 15 is 0 Å². The van der Waals surface area contributed by atoms with Crippen molar-refractivity contribution >= 4 is 37.3 Å². The van der Waals surface area contributed by atoms with E-state index in [1.165, 1.54) is 6.07 Å². The van der Waals surface area contributed by atoms with Gasteiger partial charge in [-0.1, -0.05) is 6.07 Å². The van der Waals surface area contributed by atoms with E-state index in [2.05, 4.69) is 9.97 Å². The van der Waals surface area contributed by atoms with Crippen LogP contribution >= 0.6 is 0 Å². The summed E-state index contributed by atoms with van der Waals surface area (Å²) >= 11 is 0. The zero-order valence-electron chi connectivity index (χ0n) is 13.1. The smallest absolute Gasteiger partial charge is 0.154 e. The lowest BCUT2D eigenvalue weighted by Crippen LogP contribution is -2.09. The molecule has 0 aliphatic carbocycles. The normalized spacial score (nSPS) is 12.5. The maximum atomic E-state index is 14.2. The average molecular weight is 343 g/mol. The minimum atomic E-state index is -3.30. The summed E-state index contributed by atoms with van der Waals surface area (Å²) in [6, 6.07) is 10.1. The number of pyridine rings is 1. The lowest BCUT2D eigenvalue weighted by molar-refractivity contribution is 0.599. The summed E-state index contributed by atoms with van der Waals surface area (Å²) in [7, 11) is -3.30. The van der Waals surface area contributed by atoms with Crippen LogP contribution in [-0.4, -0.2) is 29.0 Å². The lowest BCUT2D eigenvalue weighted by Gasteiger charge is -2.09. The molecule has 1 aromatic carbocycles. The standard InChI is InChI=1S/C17H14FN3O2S/c1-10-6-7-13-17(19-10)15-8-11-12(18)4-3-5-14(11)21(15)16(20-13)9-24(2,22)23/h3-8H,9H2,1-2H3. The molecule has 0 unspecified atom stereocenters. The molecule has 0 spiro atoms. The molecule has 0 amide bonds. The third-order valence-electron chi connectivity index (χ3n) is 3.95. The molecular formula is C17H14FN3O2S. The summed E-state index contributed by atoms with van der Waals surface area (Å²) in [5, 5.41) is 0.421. The van der Waals surface area contributed by atoms with E-state index < -0.39 is 9.84 Å². The predicted octanol–water partition coefficient (Wildman–Crippen LogP) is 3.03. The Morgan fingerprint density at radius 3 is 2.67 bits per heavy atom. The highest BCUT2D eigenvalue weighted by Crippen LogP contribution is 2.28. The van der Waals surface area contributed by atoms with Crippen molar-refractivity contribution < 1.29 is 12.8 Å². The van der Waals surface area contributed by atoms with Gasteiger partial charge in [0, 0.05) is 17.3 Å². The van der Waals surface area contributed by atoms with E-state index in [9.17, 15) is 12.8 Å². The Morgan fingerprint density at radius 2 is 1.92 bits per heavy atom. The molecule has 3 aromatic heterocycles. The van der Waals surface area contributed by atoms with Crippen LogP contribution in [0.4, 0.5) is 4.39 Å². The second-order valence-corrected chi connectivity index (χ2v) is 8.10. The number of hydrogen-bond acceptors (Lipinski definition) is 4. The Labute approximate surface area is 137 Å². The molecule has 4 aromatic rings. The number of aromatic nitrogens is 3. The molecule has 5 nitrogen and oxygen atoms in total. The monoisotopic (exact) mass is 343 g/mol. The van der Waals surface area contributed by atoms with Gasteiger partial charge in [0.25, 0.3) is 0 Å². The Bertz CT molecular complexity index is 1230. The van der Waals surface area contributed by atoms with Gasteiger partial charge in [-0.15, -0.1) is 0 Å². The van der Waals surface area contributed by atoms with Crippen LogP contribution in [0, 0.1) is 12.7 Å². The molecule has 0 fully saturated rings. The maximum absolute atomic E-state index is 14.2. The molecule has 0 N–H and O–H groups in total. The third kappa shape index (κ3) is 2.32. The summed E-state index contributed by atoms with van der Waals surface area (Å²) in [6.07, 6.45) is 1.16. The molecule has 122 valence electrons. The first-order valence-corrected chi connectivity index (χ1v) is 9.43. The molecule has 0 saturated carbocycles. The van der Waals surface area contributed by atoms with Gasteiger partial charge in [-0.25, -0.2) is 22.8 Å². The first-order chi connectivity index (χ1) is 11.3. The largest absolute Gasteiger partial charge is 0.295 e. The van der Waals surface area contributed by atoms with Crippen molar-refractivity contribution in [3.05, 3.63) is 53.7 Å². The number of aryl methyl sites for hydroxylation is 1. The topological polar surface area (TPSA) is 64.3 Å². The van der Waals surface area contributed by atoms with Crippen LogP contribution in [0.5, 0.6) is 0 Å². The molecule has 0 atom stereocenters. The summed E-state index contributed by atoms with van der Waals surface area (Å²) in [5.74, 6) is -0.235. The molecule has 7 heteroatoms. The number of fused-ring (bicyclic) bond motifs is 5. The molecule has 0 radical (unpaired) electrons. The summed E-state index contributed by atoms with van der Waals surface area (Å²) in [6.45, 7) is 1.86. The molecule has 4 rings (SSSR count). The molecule has 3 heterocycles. The van der Waals surface area contributed by atoms with E-state index in [0.29, 0.717) is 33.3 Å². The van der Waals surface area contributed by atoms with E-state index in [1.54, 1.807) is 28.7 Å². The van der Waals surface area contributed by atoms with Gasteiger partial charge in [-0.2, -0.15) is 0 Å². The van der Waals surface area contributed by atoms with E-state index in [4.69, 9.17) is 0 Å². The van der Waals surface area contributed by atoms with Crippen LogP contribution in [0.15, 0.2) is 36.4 Å². The Kier molecular flexibility index (Phi) is 3.11. The summed E-state index contributed by atoms with van der Waals surface area (Å²) in [5.41, 5.74) is 3.27. The second kappa shape index (κ2) is 4.98. The van der Waals surface area contributed by atoms with Gasteiger partial charge < -0.3 is 0 Å². The molecule has 0 bridgehead atoms. The number of benzene rings is 1. The van der Waals surface area contributed by atoms with Crippen LogP contribution in [0.3, 0.4) is 0 Å². The number of hydrogen-bond donors (Lipinski definition) is 0. The van der Waals surface area contributed by atoms with Crippen molar-refractivity contribution in [2.24, 2.45) is 0 Å². The maximum Gasteiger partial charge on any atom is 0.154 e. The van der Waals surface area contributed by atoms with Gasteiger partial charge in [0.15, 0.2) is 9.84 Å². The van der Waals surface area contributed by atoms with Gasteiger partial charge in [-0.05, 0) is 37.3 Å². The van der Waals surface area contributed by atoms with Gasteiger partial charge in [0.1, 0.15) is 22.9 Å². The van der Waals surface area contributed by atoms with E-state index in [0.717, 1.165) is 11.9 Å². The van der Waals surface area contributed by atoms with Crippen molar-refractivity contribution in [1.82, 2.24) is 14.4 Å². The molecule has 0 saturated heterocycles. The van der Waals surface area contributed by atoms with Crippen molar-refractivity contribution in [3.8, 4) is 0 Å². The molecular weight excluding hydrogens is 329 g/mol. The number of rotatable bonds is 2. The van der Waals surface area contributed by atoms with Gasteiger partial charge >= 0.3 is 0 Å². The number of halogens is 1. The van der Waals surface area contributed by atoms with Crippen molar-refractivity contribution in [2.45, 2.75) is 12.7 Å². The molecule has 0 aliphatic heterocycles. The first-order valence-electron chi connectivity index (χ1n) is 7.37. The second-order valence-electron chi connectivity index (χ2n) is 5.96. The molecule has 0 aliphatic rings. The fourth-order valence-corrected chi connectivity index (χ4v) is 3.66. The summed E-state index contributed by atoms with van der Waals surface area (Å²) < 4.78 is 39.5. The number of nitrogens with zero attached hydrogens (tertiary/aromatic N) is 3. The zero-order valence-corrected chi connectivity index (χ0v) is 13.9. The van der Waals surface area contributed by atoms with Gasteiger partial charge in [0.2, 0.25) is 0 Å². The van der Waals surface area contributed by atoms with Crippen LogP contribution in [-0.2, 0) is 15.6 Å². The lowest BCUT2D eigenvalue weighted by atomic mass is 10.2. The number of sulfone groups is 1. The highest BCUT2D eigenvalue weighted by molar-refractivity contribution is 7.89. The minimum absolute atomic E-state index is 0.229. The summed E-state index contributed by atoms with van der Waals surface area (Å²) in [4.78, 5) is 8.99. The van der Waals surface area contributed by atoms with Crippen molar-refractivity contribution in [3.63, 3.8) is 0 Å². The van der Waals surface area contributed by atoms with Gasteiger partial charge in [-0.3, -0.25) is 4.40 Å². The Morgan fingerprint density at radius 1 is 1.12 bits per heavy atom. The van der Waals surface area contributed by atoms with E-state index in [1.807, 2.05) is 13.0 Å². The van der Waals surface area contributed by atoms with Gasteiger partial charge in [0.05, 0.1) is 16.6 Å². The Balaban J connectivity index is 2.26. The predicted molar refractivity (Wildman–Crippen MR) is 91.2 cm³/mol. The Hall–Kier alpha value is -2.54. The quantitative estimate of drug-likeness (QED) is 0.561. The first kappa shape index (κ1) is 15.0. The van der Waals surface area contributed by atoms with Crippen LogP contribution in [0.1, 0.15) is 11.5 Å². The fraction of sp³-hybridized carbons (Fsp3) is 0.176. The van der Waals surface area contributed by atoms with Crippen LogP contribution < -0.4 is 0 Å². The fourth-order valence-electron chi connectivity index (χ4n) is 3.00. The highest BCUT2D eigenvalue weighted by Gasteiger charge is 2.18. The van der Waals surface area contributed by atoms with Crippen molar-refractivity contribution in [2.75, 3.05) is 6.26 Å². The van der Waals surface area contributed by atoms with Crippen LogP contribution in [0.25, 0.3) is 27.5 Å². The molecule has 24 heavy (non-hydrogen) atoms. The minimum Gasteiger partial charge on any atom is -0.295 e. The highest BCUT2D eigenvalue weighted by atomic mass is 32.2. The third-order valence-corrected chi connectivity index (χ3v) is 4.73.